The Labute approximate surface area is 109 Å². The molecule has 0 spiro atoms. The van der Waals surface area contributed by atoms with Gasteiger partial charge in [0, 0.05) is 18.3 Å². The van der Waals surface area contributed by atoms with E-state index in [0.29, 0.717) is 17.1 Å². The fraction of sp³-hybridized carbons (Fsp3) is 0.538. The van der Waals surface area contributed by atoms with Crippen molar-refractivity contribution in [3.8, 4) is 0 Å². The molecule has 1 fully saturated rings. The Balaban J connectivity index is 2.24. The molecule has 1 aromatic rings. The molecular weight excluding hydrogens is 248 g/mol. The molecule has 100 valence electrons. The van der Waals surface area contributed by atoms with Crippen LogP contribution in [0.25, 0.3) is 0 Å². The van der Waals surface area contributed by atoms with Gasteiger partial charge in [-0.3, -0.25) is 0 Å². The van der Waals surface area contributed by atoms with Gasteiger partial charge in [-0.1, -0.05) is 13.3 Å². The van der Waals surface area contributed by atoms with Crippen molar-refractivity contribution < 1.29 is 8.42 Å². The third kappa shape index (κ3) is 2.84. The molecular formula is C13H20N2O2S. The molecule has 1 aromatic carbocycles. The highest BCUT2D eigenvalue weighted by Crippen LogP contribution is 2.32. The lowest BCUT2D eigenvalue weighted by molar-refractivity contribution is 0.396. The predicted octanol–water partition coefficient (Wildman–Crippen LogP) is 2.22. The van der Waals surface area contributed by atoms with Crippen molar-refractivity contribution in [3.05, 3.63) is 24.3 Å². The zero-order valence-electron chi connectivity index (χ0n) is 10.7. The molecule has 0 radical (unpaired) electrons. The van der Waals surface area contributed by atoms with Crippen molar-refractivity contribution in [2.24, 2.45) is 0 Å². The fourth-order valence-electron chi connectivity index (χ4n) is 1.95. The van der Waals surface area contributed by atoms with Crippen molar-refractivity contribution in [2.75, 3.05) is 12.3 Å². The van der Waals surface area contributed by atoms with Crippen molar-refractivity contribution >= 4 is 15.7 Å². The number of unbranched alkanes of at least 4 members (excludes halogenated alkanes) is 1. The summed E-state index contributed by atoms with van der Waals surface area (Å²) in [7, 11) is -3.35. The van der Waals surface area contributed by atoms with Gasteiger partial charge in [0.2, 0.25) is 10.0 Å². The van der Waals surface area contributed by atoms with E-state index in [1.165, 1.54) is 0 Å². The van der Waals surface area contributed by atoms with Gasteiger partial charge in [0.15, 0.2) is 0 Å². The van der Waals surface area contributed by atoms with Gasteiger partial charge in [-0.25, -0.2) is 8.42 Å². The van der Waals surface area contributed by atoms with Crippen LogP contribution in [0.15, 0.2) is 29.2 Å². The van der Waals surface area contributed by atoms with Crippen LogP contribution in [0.5, 0.6) is 0 Å². The molecule has 0 saturated heterocycles. The molecule has 1 aliphatic carbocycles. The zero-order valence-corrected chi connectivity index (χ0v) is 11.5. The average molecular weight is 268 g/mol. The smallest absolute Gasteiger partial charge is 0.243 e. The van der Waals surface area contributed by atoms with Gasteiger partial charge in [0.1, 0.15) is 0 Å². The Morgan fingerprint density at radius 3 is 2.39 bits per heavy atom. The van der Waals surface area contributed by atoms with E-state index in [1.54, 1.807) is 28.6 Å². The topological polar surface area (TPSA) is 63.4 Å². The number of nitrogens with two attached hydrogens (primary N) is 1. The molecule has 1 saturated carbocycles. The first-order chi connectivity index (χ1) is 8.55. The Kier molecular flexibility index (Phi) is 3.92. The Morgan fingerprint density at radius 1 is 1.28 bits per heavy atom. The van der Waals surface area contributed by atoms with Crippen LogP contribution in [0, 0.1) is 0 Å². The monoisotopic (exact) mass is 268 g/mol. The first-order valence-corrected chi connectivity index (χ1v) is 7.87. The maximum atomic E-state index is 12.5. The summed E-state index contributed by atoms with van der Waals surface area (Å²) in [5.41, 5.74) is 6.17. The lowest BCUT2D eigenvalue weighted by atomic mass is 10.3. The van der Waals surface area contributed by atoms with Gasteiger partial charge in [-0.2, -0.15) is 4.31 Å². The Bertz CT molecular complexity index is 492. The van der Waals surface area contributed by atoms with Crippen LogP contribution in [0.3, 0.4) is 0 Å². The summed E-state index contributed by atoms with van der Waals surface area (Å²) in [5.74, 6) is 0. The summed E-state index contributed by atoms with van der Waals surface area (Å²) in [5, 5.41) is 0. The number of rotatable bonds is 6. The average Bonchev–Trinajstić information content (AvgIpc) is 3.14. The summed E-state index contributed by atoms with van der Waals surface area (Å²) in [6.07, 6.45) is 3.88. The molecule has 0 aliphatic heterocycles. The fourth-order valence-corrected chi connectivity index (χ4v) is 3.67. The maximum absolute atomic E-state index is 12.5. The third-order valence-corrected chi connectivity index (χ3v) is 5.14. The highest BCUT2D eigenvalue weighted by molar-refractivity contribution is 7.89. The second-order valence-electron chi connectivity index (χ2n) is 4.77. The minimum absolute atomic E-state index is 0.208. The zero-order chi connectivity index (χ0) is 13.2. The minimum atomic E-state index is -3.35. The summed E-state index contributed by atoms with van der Waals surface area (Å²) in [6, 6.07) is 6.66. The van der Waals surface area contributed by atoms with Crippen LogP contribution in [0.2, 0.25) is 0 Å². The minimum Gasteiger partial charge on any atom is -0.399 e. The molecule has 0 heterocycles. The van der Waals surface area contributed by atoms with E-state index < -0.39 is 10.0 Å². The van der Waals surface area contributed by atoms with Crippen LogP contribution >= 0.6 is 0 Å². The van der Waals surface area contributed by atoms with Crippen LogP contribution < -0.4 is 5.73 Å². The molecule has 2 rings (SSSR count). The van der Waals surface area contributed by atoms with Crippen molar-refractivity contribution in [1.29, 1.82) is 0 Å². The van der Waals surface area contributed by atoms with E-state index in [4.69, 9.17) is 5.73 Å². The van der Waals surface area contributed by atoms with Crippen LogP contribution in [-0.4, -0.2) is 25.3 Å². The van der Waals surface area contributed by atoms with Crippen LogP contribution in [0.1, 0.15) is 32.6 Å². The first kappa shape index (κ1) is 13.4. The van der Waals surface area contributed by atoms with Crippen molar-refractivity contribution in [3.63, 3.8) is 0 Å². The number of sulfonamides is 1. The molecule has 0 atom stereocenters. The van der Waals surface area contributed by atoms with Crippen LogP contribution in [0.4, 0.5) is 5.69 Å². The van der Waals surface area contributed by atoms with Gasteiger partial charge in [0.05, 0.1) is 4.90 Å². The Morgan fingerprint density at radius 2 is 1.89 bits per heavy atom. The van der Waals surface area contributed by atoms with Gasteiger partial charge < -0.3 is 5.73 Å². The number of nitrogen functional groups attached to an aromatic ring is 1. The summed E-state index contributed by atoms with van der Waals surface area (Å²) < 4.78 is 26.7. The van der Waals surface area contributed by atoms with Crippen molar-refractivity contribution in [1.82, 2.24) is 4.31 Å². The summed E-state index contributed by atoms with van der Waals surface area (Å²) >= 11 is 0. The maximum Gasteiger partial charge on any atom is 0.243 e. The van der Waals surface area contributed by atoms with Gasteiger partial charge >= 0.3 is 0 Å². The highest BCUT2D eigenvalue weighted by Gasteiger charge is 2.37. The van der Waals surface area contributed by atoms with Gasteiger partial charge in [0.25, 0.3) is 0 Å². The summed E-state index contributed by atoms with van der Waals surface area (Å²) in [6.45, 7) is 2.69. The number of nitrogens with zero attached hydrogens (tertiary/aromatic N) is 1. The Hall–Kier alpha value is -1.07. The van der Waals surface area contributed by atoms with Gasteiger partial charge in [-0.15, -0.1) is 0 Å². The molecule has 5 heteroatoms. The van der Waals surface area contributed by atoms with Gasteiger partial charge in [-0.05, 0) is 43.5 Å². The number of benzene rings is 1. The van der Waals surface area contributed by atoms with E-state index in [9.17, 15) is 8.42 Å². The van der Waals surface area contributed by atoms with Crippen LogP contribution in [-0.2, 0) is 10.0 Å². The SMILES string of the molecule is CCCCN(C1CC1)S(=O)(=O)c1ccc(N)cc1. The van der Waals surface area contributed by atoms with Crippen molar-refractivity contribution in [2.45, 2.75) is 43.5 Å². The molecule has 0 aromatic heterocycles. The second-order valence-corrected chi connectivity index (χ2v) is 6.66. The first-order valence-electron chi connectivity index (χ1n) is 6.43. The number of hydrogen-bond donors (Lipinski definition) is 1. The molecule has 0 amide bonds. The van der Waals surface area contributed by atoms with E-state index in [2.05, 4.69) is 6.92 Å². The molecule has 1 aliphatic rings. The molecule has 18 heavy (non-hydrogen) atoms. The predicted molar refractivity (Wildman–Crippen MR) is 72.7 cm³/mol. The second kappa shape index (κ2) is 5.28. The van der Waals surface area contributed by atoms with E-state index in [1.807, 2.05) is 0 Å². The largest absolute Gasteiger partial charge is 0.399 e. The lowest BCUT2D eigenvalue weighted by Crippen LogP contribution is -2.34. The molecule has 2 N–H and O–H groups in total. The molecule has 4 nitrogen and oxygen atoms in total. The van der Waals surface area contributed by atoms with E-state index in [-0.39, 0.29) is 6.04 Å². The quantitative estimate of drug-likeness (QED) is 0.805. The normalized spacial score (nSPS) is 16.1. The third-order valence-electron chi connectivity index (χ3n) is 3.17. The standard InChI is InChI=1S/C13H20N2O2S/c1-2-3-10-15(12-6-7-12)18(16,17)13-8-4-11(14)5-9-13/h4-5,8-9,12H,2-3,6-7,10,14H2,1H3. The number of hydrogen-bond acceptors (Lipinski definition) is 3. The number of anilines is 1. The summed E-state index contributed by atoms with van der Waals surface area (Å²) in [4.78, 5) is 0.347. The van der Waals surface area contributed by atoms with E-state index in [0.717, 1.165) is 25.7 Å². The molecule has 0 bridgehead atoms. The van der Waals surface area contributed by atoms with E-state index >= 15 is 0 Å². The highest BCUT2D eigenvalue weighted by atomic mass is 32.2. The molecule has 0 unspecified atom stereocenters. The lowest BCUT2D eigenvalue weighted by Gasteiger charge is -2.21.